The number of unbranched alkanes of at least 4 members (excludes halogenated alkanes) is 3. The van der Waals surface area contributed by atoms with Crippen molar-refractivity contribution in [2.24, 2.45) is 0 Å². The lowest BCUT2D eigenvalue weighted by Gasteiger charge is -1.98. The van der Waals surface area contributed by atoms with E-state index in [2.05, 4.69) is 13.0 Å². The van der Waals surface area contributed by atoms with Crippen LogP contribution >= 0.6 is 0 Å². The summed E-state index contributed by atoms with van der Waals surface area (Å²) in [5.74, 6) is -0.707. The molecule has 0 aromatic heterocycles. The summed E-state index contributed by atoms with van der Waals surface area (Å²) in [6.45, 7) is 4.19. The minimum Gasteiger partial charge on any atom is -0.481 e. The zero-order valence-electron chi connectivity index (χ0n) is 8.68. The summed E-state index contributed by atoms with van der Waals surface area (Å²) in [5.41, 5.74) is 1.21. The van der Waals surface area contributed by atoms with Gasteiger partial charge in [0.25, 0.3) is 0 Å². The molecule has 0 atom stereocenters. The molecule has 2 heteroatoms. The second kappa shape index (κ2) is 7.84. The molecular formula is C11H20O2. The summed E-state index contributed by atoms with van der Waals surface area (Å²) in [6.07, 6.45) is 7.95. The number of hydrogen-bond acceptors (Lipinski definition) is 1. The third-order valence-corrected chi connectivity index (χ3v) is 2.03. The molecule has 0 bridgehead atoms. The Morgan fingerprint density at radius 2 is 2.00 bits per heavy atom. The van der Waals surface area contributed by atoms with Crippen molar-refractivity contribution in [3.05, 3.63) is 11.6 Å². The van der Waals surface area contributed by atoms with E-state index in [0.717, 1.165) is 6.42 Å². The van der Waals surface area contributed by atoms with Gasteiger partial charge in [0.05, 0.1) is 0 Å². The molecule has 0 unspecified atom stereocenters. The second-order valence-corrected chi connectivity index (χ2v) is 3.44. The summed E-state index contributed by atoms with van der Waals surface area (Å²) in [7, 11) is 0. The van der Waals surface area contributed by atoms with Crippen LogP contribution in [0.1, 0.15) is 52.4 Å². The molecule has 2 nitrogen and oxygen atoms in total. The van der Waals surface area contributed by atoms with Crippen molar-refractivity contribution in [2.45, 2.75) is 52.4 Å². The molecular weight excluding hydrogens is 164 g/mol. The zero-order chi connectivity index (χ0) is 10.1. The van der Waals surface area contributed by atoms with Gasteiger partial charge < -0.3 is 5.11 Å². The molecule has 0 aliphatic heterocycles. The molecule has 0 heterocycles. The Morgan fingerprint density at radius 3 is 2.54 bits per heavy atom. The SMILES string of the molecule is CCCCCC=C(C)CCC(=O)O. The Labute approximate surface area is 80.7 Å². The van der Waals surface area contributed by atoms with Crippen molar-refractivity contribution in [2.75, 3.05) is 0 Å². The molecule has 0 amide bonds. The van der Waals surface area contributed by atoms with Gasteiger partial charge in [-0.15, -0.1) is 0 Å². The Kier molecular flexibility index (Phi) is 7.36. The lowest BCUT2D eigenvalue weighted by Crippen LogP contribution is -1.94. The first-order valence-electron chi connectivity index (χ1n) is 5.04. The molecule has 0 aromatic carbocycles. The fraction of sp³-hybridized carbons (Fsp3) is 0.727. The Morgan fingerprint density at radius 1 is 1.31 bits per heavy atom. The van der Waals surface area contributed by atoms with Gasteiger partial charge in [-0.2, -0.15) is 0 Å². The molecule has 0 aromatic rings. The highest BCUT2D eigenvalue weighted by atomic mass is 16.4. The largest absolute Gasteiger partial charge is 0.481 e. The van der Waals surface area contributed by atoms with Crippen LogP contribution in [0.3, 0.4) is 0 Å². The minimum absolute atomic E-state index is 0.260. The summed E-state index contributed by atoms with van der Waals surface area (Å²) in [6, 6.07) is 0. The van der Waals surface area contributed by atoms with E-state index in [9.17, 15) is 4.79 Å². The molecule has 0 saturated carbocycles. The number of carboxylic acids is 1. The maximum atomic E-state index is 10.3. The fourth-order valence-corrected chi connectivity index (χ4v) is 1.15. The quantitative estimate of drug-likeness (QED) is 0.486. The van der Waals surface area contributed by atoms with Crippen LogP contribution in [0.15, 0.2) is 11.6 Å². The highest BCUT2D eigenvalue weighted by Gasteiger charge is 1.96. The van der Waals surface area contributed by atoms with E-state index in [0.29, 0.717) is 6.42 Å². The predicted octanol–water partition coefficient (Wildman–Crippen LogP) is 3.38. The summed E-state index contributed by atoms with van der Waals surface area (Å²) in [5, 5.41) is 8.44. The van der Waals surface area contributed by atoms with Crippen LogP contribution in [0.5, 0.6) is 0 Å². The maximum absolute atomic E-state index is 10.3. The number of carbonyl (C=O) groups is 1. The second-order valence-electron chi connectivity index (χ2n) is 3.44. The smallest absolute Gasteiger partial charge is 0.303 e. The number of rotatable bonds is 7. The normalized spacial score (nSPS) is 11.7. The monoisotopic (exact) mass is 184 g/mol. The topological polar surface area (TPSA) is 37.3 Å². The van der Waals surface area contributed by atoms with Crippen molar-refractivity contribution in [3.8, 4) is 0 Å². The van der Waals surface area contributed by atoms with Crippen molar-refractivity contribution in [1.82, 2.24) is 0 Å². The van der Waals surface area contributed by atoms with Gasteiger partial charge in [0, 0.05) is 6.42 Å². The highest BCUT2D eigenvalue weighted by Crippen LogP contribution is 2.08. The Bertz CT molecular complexity index is 171. The van der Waals surface area contributed by atoms with Gasteiger partial charge >= 0.3 is 5.97 Å². The first-order chi connectivity index (χ1) is 6.16. The molecule has 76 valence electrons. The molecule has 13 heavy (non-hydrogen) atoms. The van der Waals surface area contributed by atoms with Crippen molar-refractivity contribution < 1.29 is 9.90 Å². The molecule has 0 fully saturated rings. The third kappa shape index (κ3) is 9.12. The van der Waals surface area contributed by atoms with E-state index in [4.69, 9.17) is 5.11 Å². The average molecular weight is 184 g/mol. The number of carboxylic acid groups (broad SMARTS) is 1. The van der Waals surface area contributed by atoms with Crippen LogP contribution in [0.25, 0.3) is 0 Å². The first-order valence-corrected chi connectivity index (χ1v) is 5.04. The number of aliphatic carboxylic acids is 1. The summed E-state index contributed by atoms with van der Waals surface area (Å²) >= 11 is 0. The van der Waals surface area contributed by atoms with E-state index in [1.807, 2.05) is 6.92 Å². The molecule has 0 spiro atoms. The third-order valence-electron chi connectivity index (χ3n) is 2.03. The van der Waals surface area contributed by atoms with Crippen molar-refractivity contribution >= 4 is 5.97 Å². The van der Waals surface area contributed by atoms with E-state index in [1.54, 1.807) is 0 Å². The molecule has 0 radical (unpaired) electrons. The number of hydrogen-bond donors (Lipinski definition) is 1. The Balaban J connectivity index is 3.45. The lowest BCUT2D eigenvalue weighted by atomic mass is 10.1. The molecule has 1 N–H and O–H groups in total. The van der Waals surface area contributed by atoms with Crippen molar-refractivity contribution in [3.63, 3.8) is 0 Å². The maximum Gasteiger partial charge on any atom is 0.303 e. The Hall–Kier alpha value is -0.790. The molecule has 0 aliphatic rings. The van der Waals surface area contributed by atoms with Crippen LogP contribution in [-0.2, 0) is 4.79 Å². The molecule has 0 aliphatic carbocycles. The van der Waals surface area contributed by atoms with Crippen molar-refractivity contribution in [1.29, 1.82) is 0 Å². The summed E-state index contributed by atoms with van der Waals surface area (Å²) in [4.78, 5) is 10.3. The zero-order valence-corrected chi connectivity index (χ0v) is 8.68. The van der Waals surface area contributed by atoms with E-state index in [-0.39, 0.29) is 6.42 Å². The molecule has 0 rings (SSSR count). The first kappa shape index (κ1) is 12.2. The van der Waals surface area contributed by atoms with Crippen LogP contribution in [0, 0.1) is 0 Å². The number of allylic oxidation sites excluding steroid dienone is 2. The molecule has 0 saturated heterocycles. The van der Waals surface area contributed by atoms with Gasteiger partial charge in [0.1, 0.15) is 0 Å². The van der Waals surface area contributed by atoms with Gasteiger partial charge in [-0.1, -0.05) is 31.4 Å². The van der Waals surface area contributed by atoms with Crippen LogP contribution in [0.2, 0.25) is 0 Å². The van der Waals surface area contributed by atoms with Gasteiger partial charge in [-0.25, -0.2) is 0 Å². The van der Waals surface area contributed by atoms with Gasteiger partial charge in [0.2, 0.25) is 0 Å². The summed E-state index contributed by atoms with van der Waals surface area (Å²) < 4.78 is 0. The van der Waals surface area contributed by atoms with Gasteiger partial charge in [-0.05, 0) is 26.2 Å². The predicted molar refractivity (Wildman–Crippen MR) is 54.8 cm³/mol. The standard InChI is InChI=1S/C11H20O2/c1-3-4-5-6-7-10(2)8-9-11(12)13/h7H,3-6,8-9H2,1-2H3,(H,12,13). The van der Waals surface area contributed by atoms with Crippen LogP contribution < -0.4 is 0 Å². The minimum atomic E-state index is -0.707. The van der Waals surface area contributed by atoms with Crippen LogP contribution in [-0.4, -0.2) is 11.1 Å². The van der Waals surface area contributed by atoms with Gasteiger partial charge in [0.15, 0.2) is 0 Å². The van der Waals surface area contributed by atoms with E-state index in [1.165, 1.54) is 24.8 Å². The average Bonchev–Trinajstić information content (AvgIpc) is 2.09. The van der Waals surface area contributed by atoms with Crippen LogP contribution in [0.4, 0.5) is 0 Å². The highest BCUT2D eigenvalue weighted by molar-refractivity contribution is 5.66. The fourth-order valence-electron chi connectivity index (χ4n) is 1.15. The van der Waals surface area contributed by atoms with Gasteiger partial charge in [-0.3, -0.25) is 4.79 Å². The van der Waals surface area contributed by atoms with E-state index >= 15 is 0 Å². The van der Waals surface area contributed by atoms with E-state index < -0.39 is 5.97 Å². The lowest BCUT2D eigenvalue weighted by molar-refractivity contribution is -0.136.